The highest BCUT2D eigenvalue weighted by Gasteiger charge is 2.25. The summed E-state index contributed by atoms with van der Waals surface area (Å²) in [4.78, 5) is 33.2. The Hall–Kier alpha value is -2.45. The van der Waals surface area contributed by atoms with Crippen LogP contribution in [-0.2, 0) is 16.1 Å². The monoisotopic (exact) mass is 416 g/mol. The first-order chi connectivity index (χ1) is 14.0. The molecule has 2 amide bonds. The van der Waals surface area contributed by atoms with Gasteiger partial charge in [-0.25, -0.2) is 4.39 Å². The minimum atomic E-state index is -0.350. The summed E-state index contributed by atoms with van der Waals surface area (Å²) in [5.74, 6) is -0.329. The van der Waals surface area contributed by atoms with Gasteiger partial charge in [-0.1, -0.05) is 6.07 Å². The van der Waals surface area contributed by atoms with E-state index in [1.165, 1.54) is 36.0 Å². The van der Waals surface area contributed by atoms with Gasteiger partial charge in [0.15, 0.2) is 0 Å². The van der Waals surface area contributed by atoms with E-state index < -0.39 is 0 Å². The number of piperazine rings is 1. The lowest BCUT2D eigenvalue weighted by molar-refractivity contribution is -0.132. The normalized spacial score (nSPS) is 15.7. The number of rotatable bonds is 7. The first-order valence-electron chi connectivity index (χ1n) is 9.59. The minimum Gasteiger partial charge on any atom is -0.339 e. The fourth-order valence-electron chi connectivity index (χ4n) is 3.11. The second-order valence-corrected chi connectivity index (χ2v) is 8.26. The van der Waals surface area contributed by atoms with Gasteiger partial charge in [-0.05, 0) is 43.3 Å². The SMILES string of the molecule is CC(SCC(=O)Nc1ccc(F)cc1)C(=O)N1CCN(Cc2ccccn2)CC1. The van der Waals surface area contributed by atoms with Crippen LogP contribution in [0, 0.1) is 5.82 Å². The number of benzene rings is 1. The maximum atomic E-state index is 12.9. The summed E-state index contributed by atoms with van der Waals surface area (Å²) >= 11 is 1.31. The van der Waals surface area contributed by atoms with Gasteiger partial charge in [0.1, 0.15) is 5.82 Å². The van der Waals surface area contributed by atoms with E-state index in [9.17, 15) is 14.0 Å². The van der Waals surface area contributed by atoms with Crippen LogP contribution in [0.1, 0.15) is 12.6 Å². The Morgan fingerprint density at radius 2 is 1.86 bits per heavy atom. The molecule has 154 valence electrons. The Balaban J connectivity index is 1.38. The molecule has 1 N–H and O–H groups in total. The number of aromatic nitrogens is 1. The zero-order valence-electron chi connectivity index (χ0n) is 16.4. The number of thioether (sulfide) groups is 1. The molecule has 2 aromatic rings. The molecular weight excluding hydrogens is 391 g/mol. The van der Waals surface area contributed by atoms with Gasteiger partial charge in [-0.3, -0.25) is 19.5 Å². The van der Waals surface area contributed by atoms with Crippen molar-refractivity contribution in [1.29, 1.82) is 0 Å². The number of hydrogen-bond donors (Lipinski definition) is 1. The first-order valence-corrected chi connectivity index (χ1v) is 10.6. The quantitative estimate of drug-likeness (QED) is 0.752. The van der Waals surface area contributed by atoms with E-state index in [-0.39, 0.29) is 28.6 Å². The molecule has 0 bridgehead atoms. The van der Waals surface area contributed by atoms with Crippen molar-refractivity contribution in [3.8, 4) is 0 Å². The molecule has 1 aromatic carbocycles. The number of hydrogen-bond acceptors (Lipinski definition) is 5. The average Bonchev–Trinajstić information content (AvgIpc) is 2.74. The largest absolute Gasteiger partial charge is 0.339 e. The van der Waals surface area contributed by atoms with Crippen molar-refractivity contribution in [3.05, 3.63) is 60.2 Å². The Kier molecular flexibility index (Phi) is 7.60. The van der Waals surface area contributed by atoms with E-state index in [1.54, 1.807) is 6.20 Å². The molecule has 1 aliphatic heterocycles. The third-order valence-corrected chi connectivity index (χ3v) is 5.87. The molecule has 1 aromatic heterocycles. The van der Waals surface area contributed by atoms with Gasteiger partial charge in [-0.15, -0.1) is 11.8 Å². The maximum Gasteiger partial charge on any atom is 0.235 e. The standard InChI is InChI=1S/C21H25FN4O2S/c1-16(29-15-20(27)24-18-7-5-17(22)6-8-18)21(28)26-12-10-25(11-13-26)14-19-4-2-3-9-23-19/h2-9,16H,10-15H2,1H3,(H,24,27). The lowest BCUT2D eigenvalue weighted by Gasteiger charge is -2.35. The second-order valence-electron chi connectivity index (χ2n) is 6.93. The zero-order chi connectivity index (χ0) is 20.6. The summed E-state index contributed by atoms with van der Waals surface area (Å²) in [7, 11) is 0. The highest BCUT2D eigenvalue weighted by Crippen LogP contribution is 2.17. The van der Waals surface area contributed by atoms with Crippen LogP contribution >= 0.6 is 11.8 Å². The molecule has 0 aliphatic carbocycles. The van der Waals surface area contributed by atoms with Gasteiger partial charge >= 0.3 is 0 Å². The van der Waals surface area contributed by atoms with E-state index in [0.29, 0.717) is 18.8 Å². The van der Waals surface area contributed by atoms with Crippen molar-refractivity contribution >= 4 is 29.3 Å². The van der Waals surface area contributed by atoms with Gasteiger partial charge in [0.25, 0.3) is 0 Å². The Morgan fingerprint density at radius 3 is 2.52 bits per heavy atom. The minimum absolute atomic E-state index is 0.0575. The van der Waals surface area contributed by atoms with Gasteiger partial charge in [-0.2, -0.15) is 0 Å². The summed E-state index contributed by atoms with van der Waals surface area (Å²) in [5, 5.41) is 2.41. The lowest BCUT2D eigenvalue weighted by atomic mass is 10.2. The Bertz CT molecular complexity index is 811. The van der Waals surface area contributed by atoms with Gasteiger partial charge in [0.05, 0.1) is 16.7 Å². The predicted molar refractivity (Wildman–Crippen MR) is 113 cm³/mol. The number of nitrogens with zero attached hydrogens (tertiary/aromatic N) is 3. The van der Waals surface area contributed by atoms with Crippen LogP contribution in [0.5, 0.6) is 0 Å². The smallest absolute Gasteiger partial charge is 0.235 e. The number of amides is 2. The summed E-state index contributed by atoms with van der Waals surface area (Å²) in [6.07, 6.45) is 1.79. The summed E-state index contributed by atoms with van der Waals surface area (Å²) in [6, 6.07) is 11.5. The highest BCUT2D eigenvalue weighted by molar-refractivity contribution is 8.01. The molecule has 8 heteroatoms. The van der Waals surface area contributed by atoms with Crippen LogP contribution in [0.2, 0.25) is 0 Å². The molecule has 1 fully saturated rings. The number of anilines is 1. The van der Waals surface area contributed by atoms with Crippen LogP contribution in [0.25, 0.3) is 0 Å². The third kappa shape index (κ3) is 6.54. The van der Waals surface area contributed by atoms with E-state index in [2.05, 4.69) is 15.2 Å². The van der Waals surface area contributed by atoms with Crippen molar-refractivity contribution < 1.29 is 14.0 Å². The second kappa shape index (κ2) is 10.4. The van der Waals surface area contributed by atoms with Crippen molar-refractivity contribution in [3.63, 3.8) is 0 Å². The fraction of sp³-hybridized carbons (Fsp3) is 0.381. The zero-order valence-corrected chi connectivity index (χ0v) is 17.2. The molecule has 1 aliphatic rings. The fourth-order valence-corrected chi connectivity index (χ4v) is 3.87. The third-order valence-electron chi connectivity index (χ3n) is 4.74. The number of carbonyl (C=O) groups excluding carboxylic acids is 2. The van der Waals surface area contributed by atoms with Crippen molar-refractivity contribution in [2.24, 2.45) is 0 Å². The average molecular weight is 417 g/mol. The van der Waals surface area contributed by atoms with E-state index in [0.717, 1.165) is 25.3 Å². The van der Waals surface area contributed by atoms with Crippen molar-refractivity contribution in [1.82, 2.24) is 14.8 Å². The first kappa shape index (κ1) is 21.3. The molecule has 1 atom stereocenters. The Labute approximate surface area is 174 Å². The van der Waals surface area contributed by atoms with Crippen LogP contribution in [0.4, 0.5) is 10.1 Å². The molecule has 1 unspecified atom stereocenters. The molecule has 6 nitrogen and oxygen atoms in total. The number of pyridine rings is 1. The summed E-state index contributed by atoms with van der Waals surface area (Å²) < 4.78 is 12.9. The predicted octanol–water partition coefficient (Wildman–Crippen LogP) is 2.63. The highest BCUT2D eigenvalue weighted by atomic mass is 32.2. The van der Waals surface area contributed by atoms with E-state index >= 15 is 0 Å². The van der Waals surface area contributed by atoms with E-state index in [1.807, 2.05) is 30.0 Å². The van der Waals surface area contributed by atoms with Crippen molar-refractivity contribution in [2.45, 2.75) is 18.7 Å². The Morgan fingerprint density at radius 1 is 1.14 bits per heavy atom. The molecule has 29 heavy (non-hydrogen) atoms. The molecule has 0 saturated carbocycles. The summed E-state index contributed by atoms with van der Waals surface area (Å²) in [6.45, 7) is 5.60. The number of carbonyl (C=O) groups is 2. The molecule has 3 rings (SSSR count). The van der Waals surface area contributed by atoms with Crippen LogP contribution in [0.15, 0.2) is 48.7 Å². The van der Waals surface area contributed by atoms with Crippen molar-refractivity contribution in [2.75, 3.05) is 37.2 Å². The molecular formula is C21H25FN4O2S. The molecule has 1 saturated heterocycles. The number of halogens is 1. The lowest BCUT2D eigenvalue weighted by Crippen LogP contribution is -2.50. The van der Waals surface area contributed by atoms with Gasteiger partial charge in [0.2, 0.25) is 11.8 Å². The number of nitrogens with one attached hydrogen (secondary N) is 1. The molecule has 2 heterocycles. The van der Waals surface area contributed by atoms with E-state index in [4.69, 9.17) is 0 Å². The maximum absolute atomic E-state index is 12.9. The topological polar surface area (TPSA) is 65.5 Å². The molecule has 0 radical (unpaired) electrons. The van der Waals surface area contributed by atoms with Crippen LogP contribution in [-0.4, -0.2) is 63.8 Å². The molecule has 0 spiro atoms. The van der Waals surface area contributed by atoms with Gasteiger partial charge in [0, 0.05) is 44.6 Å². The van der Waals surface area contributed by atoms with Gasteiger partial charge < -0.3 is 10.2 Å². The summed E-state index contributed by atoms with van der Waals surface area (Å²) in [5.41, 5.74) is 1.57. The van der Waals surface area contributed by atoms with Crippen LogP contribution < -0.4 is 5.32 Å². The van der Waals surface area contributed by atoms with Crippen LogP contribution in [0.3, 0.4) is 0 Å².